The van der Waals surface area contributed by atoms with Gasteiger partial charge in [0.1, 0.15) is 6.04 Å². The molecule has 0 saturated heterocycles. The summed E-state index contributed by atoms with van der Waals surface area (Å²) in [7, 11) is 0. The monoisotopic (exact) mass is 285 g/mol. The summed E-state index contributed by atoms with van der Waals surface area (Å²) in [5.41, 5.74) is 3.52. The fourth-order valence-electron chi connectivity index (χ4n) is 2.22. The highest BCUT2D eigenvalue weighted by molar-refractivity contribution is 6.36. The third kappa shape index (κ3) is 2.86. The molecule has 18 heavy (non-hydrogen) atoms. The fraction of sp³-hybridized carbons (Fsp3) is 0.308. The van der Waals surface area contributed by atoms with Crippen molar-refractivity contribution in [3.8, 4) is 0 Å². The molecule has 1 aromatic rings. The van der Waals surface area contributed by atoms with Gasteiger partial charge in [-0.25, -0.2) is 0 Å². The molecule has 5 heteroatoms. The van der Waals surface area contributed by atoms with Gasteiger partial charge in [-0.05, 0) is 17.5 Å². The third-order valence-electron chi connectivity index (χ3n) is 3.10. The zero-order valence-electron chi connectivity index (χ0n) is 9.64. The van der Waals surface area contributed by atoms with Gasteiger partial charge in [-0.2, -0.15) is 0 Å². The molecule has 1 heterocycles. The predicted octanol–water partition coefficient (Wildman–Crippen LogP) is 2.82. The number of hydrogen-bond acceptors (Lipinski definition) is 2. The second-order valence-electron chi connectivity index (χ2n) is 4.29. The third-order valence-corrected chi connectivity index (χ3v) is 3.71. The van der Waals surface area contributed by atoms with E-state index in [1.54, 1.807) is 0 Å². The Morgan fingerprint density at radius 1 is 1.44 bits per heavy atom. The van der Waals surface area contributed by atoms with Crippen LogP contribution in [-0.2, 0) is 17.8 Å². The normalized spacial score (nSPS) is 20.6. The molecule has 1 aliphatic heterocycles. The first kappa shape index (κ1) is 13.4. The summed E-state index contributed by atoms with van der Waals surface area (Å²) >= 11 is 11.4. The molecule has 0 fully saturated rings. The Bertz CT molecular complexity index is 488. The van der Waals surface area contributed by atoms with Gasteiger partial charge in [0.15, 0.2) is 0 Å². The van der Waals surface area contributed by atoms with E-state index >= 15 is 0 Å². The van der Waals surface area contributed by atoms with Gasteiger partial charge in [-0.1, -0.05) is 47.5 Å². The highest BCUT2D eigenvalue weighted by atomic mass is 35.5. The second-order valence-corrected chi connectivity index (χ2v) is 4.99. The van der Waals surface area contributed by atoms with Crippen LogP contribution < -0.4 is 0 Å². The van der Waals surface area contributed by atoms with Crippen molar-refractivity contribution >= 4 is 29.2 Å². The second kappa shape index (κ2) is 5.74. The Morgan fingerprint density at radius 2 is 2.11 bits per heavy atom. The standard InChI is InChI=1S/C13H13Cl2NO2/c14-6-11(15)8-16-7-10-4-2-1-3-9(10)5-12(16)13(17)18/h1-4,6,12H,5,7-8H2,(H,17,18). The van der Waals surface area contributed by atoms with Crippen molar-refractivity contribution in [2.45, 2.75) is 19.0 Å². The van der Waals surface area contributed by atoms with Crippen molar-refractivity contribution in [2.75, 3.05) is 6.54 Å². The average Bonchev–Trinajstić information content (AvgIpc) is 2.37. The first-order valence-electron chi connectivity index (χ1n) is 5.60. The van der Waals surface area contributed by atoms with Crippen LogP contribution in [0.4, 0.5) is 0 Å². The summed E-state index contributed by atoms with van der Waals surface area (Å²) in [5.74, 6) is -0.830. The quantitative estimate of drug-likeness (QED) is 0.928. The molecule has 3 nitrogen and oxygen atoms in total. The van der Waals surface area contributed by atoms with Crippen LogP contribution in [0.1, 0.15) is 11.1 Å². The van der Waals surface area contributed by atoms with Crippen LogP contribution in [0.3, 0.4) is 0 Å². The lowest BCUT2D eigenvalue weighted by molar-refractivity contribution is -0.143. The summed E-state index contributed by atoms with van der Waals surface area (Å²) in [6.45, 7) is 0.935. The van der Waals surface area contributed by atoms with Crippen LogP contribution in [-0.4, -0.2) is 28.6 Å². The molecule has 1 unspecified atom stereocenters. The first-order valence-corrected chi connectivity index (χ1v) is 6.41. The van der Waals surface area contributed by atoms with Crippen molar-refractivity contribution < 1.29 is 9.90 Å². The first-order chi connectivity index (χ1) is 8.61. The lowest BCUT2D eigenvalue weighted by atomic mass is 9.94. The number of aliphatic carboxylic acids is 1. The number of carboxylic acids is 1. The van der Waals surface area contributed by atoms with E-state index in [0.29, 0.717) is 24.5 Å². The zero-order chi connectivity index (χ0) is 13.1. The molecule has 1 aliphatic rings. The van der Waals surface area contributed by atoms with Crippen LogP contribution in [0.25, 0.3) is 0 Å². The summed E-state index contributed by atoms with van der Waals surface area (Å²) in [5, 5.41) is 9.73. The van der Waals surface area contributed by atoms with Gasteiger partial charge in [0.2, 0.25) is 0 Å². The van der Waals surface area contributed by atoms with E-state index in [4.69, 9.17) is 23.2 Å². The molecule has 1 atom stereocenters. The maximum Gasteiger partial charge on any atom is 0.321 e. The SMILES string of the molecule is O=C(O)C1Cc2ccccc2CN1CC(Cl)=CCl. The fourth-order valence-corrected chi connectivity index (χ4v) is 2.44. The van der Waals surface area contributed by atoms with E-state index in [1.807, 2.05) is 29.2 Å². The minimum atomic E-state index is -0.830. The summed E-state index contributed by atoms with van der Waals surface area (Å²) < 4.78 is 0. The van der Waals surface area contributed by atoms with Gasteiger partial charge in [-0.3, -0.25) is 9.69 Å². The van der Waals surface area contributed by atoms with Gasteiger partial charge in [0.05, 0.1) is 0 Å². The van der Waals surface area contributed by atoms with E-state index < -0.39 is 12.0 Å². The van der Waals surface area contributed by atoms with Gasteiger partial charge in [-0.15, -0.1) is 0 Å². The Kier molecular flexibility index (Phi) is 4.27. The summed E-state index contributed by atoms with van der Waals surface area (Å²) in [6.07, 6.45) is 0.498. The molecule has 96 valence electrons. The van der Waals surface area contributed by atoms with Crippen molar-refractivity contribution in [3.05, 3.63) is 46.0 Å². The minimum Gasteiger partial charge on any atom is -0.480 e. The molecule has 0 aliphatic carbocycles. The molecule has 0 amide bonds. The maximum atomic E-state index is 11.3. The smallest absolute Gasteiger partial charge is 0.321 e. The molecule has 1 N–H and O–H groups in total. The van der Waals surface area contributed by atoms with Gasteiger partial charge in [0.25, 0.3) is 0 Å². The van der Waals surface area contributed by atoms with Crippen molar-refractivity contribution in [3.63, 3.8) is 0 Å². The lowest BCUT2D eigenvalue weighted by Gasteiger charge is -2.34. The molecule has 0 bridgehead atoms. The number of carboxylic acid groups (broad SMARTS) is 1. The molecule has 0 spiro atoms. The maximum absolute atomic E-state index is 11.3. The van der Waals surface area contributed by atoms with E-state index in [1.165, 1.54) is 5.54 Å². The molecular formula is C13H13Cl2NO2. The number of benzene rings is 1. The Morgan fingerprint density at radius 3 is 2.72 bits per heavy atom. The van der Waals surface area contributed by atoms with Crippen LogP contribution in [0.2, 0.25) is 0 Å². The van der Waals surface area contributed by atoms with E-state index in [0.717, 1.165) is 11.1 Å². The lowest BCUT2D eigenvalue weighted by Crippen LogP contribution is -2.45. The molecule has 0 radical (unpaired) electrons. The number of nitrogens with zero attached hydrogens (tertiary/aromatic N) is 1. The van der Waals surface area contributed by atoms with Gasteiger partial charge in [0, 0.05) is 23.7 Å². The van der Waals surface area contributed by atoms with Crippen molar-refractivity contribution in [1.29, 1.82) is 0 Å². The number of hydrogen-bond donors (Lipinski definition) is 1. The van der Waals surface area contributed by atoms with Crippen molar-refractivity contribution in [1.82, 2.24) is 4.90 Å². The molecule has 1 aromatic carbocycles. The summed E-state index contributed by atoms with van der Waals surface area (Å²) in [6, 6.07) is 7.32. The van der Waals surface area contributed by atoms with Crippen LogP contribution in [0.15, 0.2) is 34.8 Å². The highest BCUT2D eigenvalue weighted by Gasteiger charge is 2.31. The van der Waals surface area contributed by atoms with E-state index in [-0.39, 0.29) is 0 Å². The highest BCUT2D eigenvalue weighted by Crippen LogP contribution is 2.24. The Hall–Kier alpha value is -1.03. The molecule has 0 aromatic heterocycles. The number of carbonyl (C=O) groups is 1. The number of rotatable bonds is 3. The Labute approximate surface area is 116 Å². The average molecular weight is 286 g/mol. The van der Waals surface area contributed by atoms with E-state index in [9.17, 15) is 9.90 Å². The zero-order valence-corrected chi connectivity index (χ0v) is 11.2. The molecule has 2 rings (SSSR count). The van der Waals surface area contributed by atoms with E-state index in [2.05, 4.69) is 0 Å². The van der Waals surface area contributed by atoms with Crippen LogP contribution >= 0.6 is 23.2 Å². The van der Waals surface area contributed by atoms with Gasteiger partial charge >= 0.3 is 5.97 Å². The molecular weight excluding hydrogens is 273 g/mol. The van der Waals surface area contributed by atoms with Crippen LogP contribution in [0.5, 0.6) is 0 Å². The topological polar surface area (TPSA) is 40.5 Å². The largest absolute Gasteiger partial charge is 0.480 e. The molecule has 0 saturated carbocycles. The van der Waals surface area contributed by atoms with Gasteiger partial charge < -0.3 is 5.11 Å². The summed E-state index contributed by atoms with van der Waals surface area (Å²) in [4.78, 5) is 13.1. The Balaban J connectivity index is 2.26. The predicted molar refractivity (Wildman–Crippen MR) is 71.8 cm³/mol. The minimum absolute atomic E-state index is 0.357. The van der Waals surface area contributed by atoms with Crippen LogP contribution in [0, 0.1) is 0 Å². The van der Waals surface area contributed by atoms with Crippen molar-refractivity contribution in [2.24, 2.45) is 0 Å². The number of fused-ring (bicyclic) bond motifs is 1. The number of halogens is 2.